The van der Waals surface area contributed by atoms with Gasteiger partial charge in [-0.25, -0.2) is 18.6 Å². The molecular weight excluding hydrogens is 372 g/mol. The lowest BCUT2D eigenvalue weighted by Gasteiger charge is -2.38. The summed E-state index contributed by atoms with van der Waals surface area (Å²) >= 11 is 1.36. The zero-order valence-corrected chi connectivity index (χ0v) is 16.8. The van der Waals surface area contributed by atoms with Crippen molar-refractivity contribution in [3.05, 3.63) is 29.6 Å². The van der Waals surface area contributed by atoms with Crippen molar-refractivity contribution in [1.29, 1.82) is 0 Å². The van der Waals surface area contributed by atoms with Crippen LogP contribution >= 0.6 is 11.8 Å². The van der Waals surface area contributed by atoms with Crippen LogP contribution in [0.1, 0.15) is 39.2 Å². The van der Waals surface area contributed by atoms with Gasteiger partial charge in [-0.2, -0.15) is 0 Å². The summed E-state index contributed by atoms with van der Waals surface area (Å²) in [4.78, 5) is 18.4. The van der Waals surface area contributed by atoms with E-state index in [-0.39, 0.29) is 12.3 Å². The van der Waals surface area contributed by atoms with Crippen molar-refractivity contribution in [3.8, 4) is 0 Å². The summed E-state index contributed by atoms with van der Waals surface area (Å²) in [6.07, 6.45) is -1.24. The SMILES string of the molecule is CN(C(=O)OC(C)(C)C)C1=N[C@@]2(c3cc(N)ccc3F)C[C@H](F)C[C@H]2CS1. The number of amides is 1. The lowest BCUT2D eigenvalue weighted by atomic mass is 9.81. The van der Waals surface area contributed by atoms with Crippen molar-refractivity contribution in [1.82, 2.24) is 4.90 Å². The van der Waals surface area contributed by atoms with Crippen LogP contribution in [-0.4, -0.2) is 40.7 Å². The van der Waals surface area contributed by atoms with Gasteiger partial charge in [0.25, 0.3) is 0 Å². The molecule has 27 heavy (non-hydrogen) atoms. The van der Waals surface area contributed by atoms with Gasteiger partial charge in [-0.1, -0.05) is 11.8 Å². The quantitative estimate of drug-likeness (QED) is 0.717. The highest BCUT2D eigenvalue weighted by atomic mass is 32.2. The van der Waals surface area contributed by atoms with E-state index in [4.69, 9.17) is 15.5 Å². The Morgan fingerprint density at radius 3 is 2.81 bits per heavy atom. The number of halogens is 2. The molecule has 1 heterocycles. The van der Waals surface area contributed by atoms with Gasteiger partial charge in [0.15, 0.2) is 5.17 Å². The van der Waals surface area contributed by atoms with E-state index in [0.717, 1.165) is 0 Å². The molecule has 2 N–H and O–H groups in total. The van der Waals surface area contributed by atoms with E-state index >= 15 is 0 Å². The highest BCUT2D eigenvalue weighted by Crippen LogP contribution is 2.53. The number of ether oxygens (including phenoxy) is 1. The summed E-state index contributed by atoms with van der Waals surface area (Å²) in [5, 5.41) is 0.399. The molecule has 1 aliphatic heterocycles. The number of aliphatic imine (C=N–C) groups is 1. The van der Waals surface area contributed by atoms with Crippen LogP contribution in [0.25, 0.3) is 0 Å². The molecule has 0 saturated heterocycles. The van der Waals surface area contributed by atoms with Crippen LogP contribution in [0.2, 0.25) is 0 Å². The third-order valence-corrected chi connectivity index (χ3v) is 6.06. The molecule has 1 amide bonds. The maximum atomic E-state index is 14.7. The summed E-state index contributed by atoms with van der Waals surface area (Å²) in [7, 11) is 1.56. The van der Waals surface area contributed by atoms with Crippen LogP contribution in [0.3, 0.4) is 0 Å². The molecule has 0 bridgehead atoms. The largest absolute Gasteiger partial charge is 0.443 e. The molecule has 8 heteroatoms. The number of amidine groups is 1. The summed E-state index contributed by atoms with van der Waals surface area (Å²) in [5.74, 6) is -0.0801. The van der Waals surface area contributed by atoms with Crippen molar-refractivity contribution in [3.63, 3.8) is 0 Å². The first kappa shape index (κ1) is 19.9. The molecule has 5 nitrogen and oxygen atoms in total. The van der Waals surface area contributed by atoms with Gasteiger partial charge in [0.1, 0.15) is 17.6 Å². The smallest absolute Gasteiger partial charge is 0.416 e. The fourth-order valence-electron chi connectivity index (χ4n) is 3.66. The zero-order chi connectivity index (χ0) is 20.0. The van der Waals surface area contributed by atoms with Crippen LogP contribution in [0.5, 0.6) is 0 Å². The zero-order valence-electron chi connectivity index (χ0n) is 16.0. The Hall–Kier alpha value is -1.83. The molecule has 2 aliphatic rings. The number of nitrogens with zero attached hydrogens (tertiary/aromatic N) is 2. The van der Waals surface area contributed by atoms with Gasteiger partial charge in [0.2, 0.25) is 0 Å². The Bertz CT molecular complexity index is 781. The predicted octanol–water partition coefficient (Wildman–Crippen LogP) is 4.32. The third-order valence-electron chi connectivity index (χ3n) is 4.87. The number of benzene rings is 1. The van der Waals surface area contributed by atoms with Crippen molar-refractivity contribution < 1.29 is 18.3 Å². The average molecular weight is 397 g/mol. The van der Waals surface area contributed by atoms with Gasteiger partial charge in [-0.15, -0.1) is 0 Å². The number of thioether (sulfide) groups is 1. The molecule has 148 valence electrons. The predicted molar refractivity (Wildman–Crippen MR) is 104 cm³/mol. The Kier molecular flexibility index (Phi) is 5.14. The summed E-state index contributed by atoms with van der Waals surface area (Å²) in [6.45, 7) is 5.33. The molecule has 1 aromatic carbocycles. The highest BCUT2D eigenvalue weighted by molar-refractivity contribution is 8.13. The van der Waals surface area contributed by atoms with E-state index < -0.39 is 29.2 Å². The van der Waals surface area contributed by atoms with E-state index in [2.05, 4.69) is 0 Å². The molecule has 0 aromatic heterocycles. The molecule has 1 fully saturated rings. The highest BCUT2D eigenvalue weighted by Gasteiger charge is 2.53. The second-order valence-corrected chi connectivity index (χ2v) is 9.13. The number of nitrogen functional groups attached to an aromatic ring is 1. The van der Waals surface area contributed by atoms with Crippen LogP contribution < -0.4 is 5.73 Å². The second-order valence-electron chi connectivity index (χ2n) is 8.14. The van der Waals surface area contributed by atoms with Crippen LogP contribution in [0.4, 0.5) is 19.3 Å². The van der Waals surface area contributed by atoms with Crippen molar-refractivity contribution in [2.75, 3.05) is 18.5 Å². The molecule has 1 aliphatic carbocycles. The van der Waals surface area contributed by atoms with Gasteiger partial charge >= 0.3 is 6.09 Å². The number of hydrogen-bond acceptors (Lipinski definition) is 5. The summed E-state index contributed by atoms with van der Waals surface area (Å²) in [5.41, 5.74) is 4.85. The molecular formula is C19H25F2N3O2S. The first-order chi connectivity index (χ1) is 12.5. The molecule has 0 spiro atoms. The van der Waals surface area contributed by atoms with E-state index in [0.29, 0.717) is 28.6 Å². The van der Waals surface area contributed by atoms with Gasteiger partial charge in [-0.3, -0.25) is 4.90 Å². The van der Waals surface area contributed by atoms with Gasteiger partial charge < -0.3 is 10.5 Å². The van der Waals surface area contributed by atoms with E-state index in [9.17, 15) is 13.6 Å². The van der Waals surface area contributed by atoms with Crippen LogP contribution in [0, 0.1) is 11.7 Å². The minimum absolute atomic E-state index is 0.0737. The molecule has 1 aromatic rings. The fraction of sp³-hybridized carbons (Fsp3) is 0.579. The standard InChI is InChI=1S/C19H25F2N3O2S/c1-18(2,3)26-17(25)24(4)16-23-19(9-12(20)7-11(19)10-27-16)14-8-13(22)5-6-15(14)21/h5-6,8,11-12H,7,9-10,22H2,1-4H3/t11-,12+,19-/m0/s1. The number of anilines is 1. The maximum Gasteiger partial charge on any atom is 0.416 e. The lowest BCUT2D eigenvalue weighted by molar-refractivity contribution is 0.0404. The van der Waals surface area contributed by atoms with E-state index in [1.807, 2.05) is 0 Å². The normalized spacial score (nSPS) is 27.7. The topological polar surface area (TPSA) is 67.9 Å². The molecule has 3 rings (SSSR count). The van der Waals surface area contributed by atoms with Crippen LogP contribution in [-0.2, 0) is 10.3 Å². The van der Waals surface area contributed by atoms with E-state index in [1.54, 1.807) is 27.8 Å². The number of rotatable bonds is 1. The van der Waals surface area contributed by atoms with Crippen LogP contribution in [0.15, 0.2) is 23.2 Å². The summed E-state index contributed by atoms with van der Waals surface area (Å²) < 4.78 is 34.4. The number of hydrogen-bond donors (Lipinski definition) is 1. The molecule has 0 unspecified atom stereocenters. The Morgan fingerprint density at radius 2 is 2.15 bits per heavy atom. The number of carbonyl (C=O) groups is 1. The van der Waals surface area contributed by atoms with Crippen molar-refractivity contribution >= 4 is 28.7 Å². The lowest BCUT2D eigenvalue weighted by Crippen LogP contribution is -2.43. The van der Waals surface area contributed by atoms with Gasteiger partial charge in [0, 0.05) is 36.4 Å². The van der Waals surface area contributed by atoms with E-state index in [1.165, 1.54) is 34.9 Å². The Balaban J connectivity index is 2.02. The average Bonchev–Trinajstić information content (AvgIpc) is 2.90. The number of nitrogens with two attached hydrogens (primary N) is 1. The molecule has 0 radical (unpaired) electrons. The monoisotopic (exact) mass is 397 g/mol. The Labute approximate surface area is 162 Å². The van der Waals surface area contributed by atoms with Crippen molar-refractivity contribution in [2.45, 2.75) is 50.9 Å². The number of alkyl halides is 1. The minimum Gasteiger partial charge on any atom is -0.443 e. The fourth-order valence-corrected chi connectivity index (χ4v) is 4.92. The first-order valence-corrected chi connectivity index (χ1v) is 9.89. The second kappa shape index (κ2) is 6.96. The molecule has 3 atom stereocenters. The third kappa shape index (κ3) is 3.90. The summed E-state index contributed by atoms with van der Waals surface area (Å²) in [6, 6.07) is 4.29. The van der Waals surface area contributed by atoms with Gasteiger partial charge in [-0.05, 0) is 45.4 Å². The number of fused-ring (bicyclic) bond motifs is 1. The van der Waals surface area contributed by atoms with Crippen molar-refractivity contribution in [2.24, 2.45) is 10.9 Å². The minimum atomic E-state index is -1.08. The maximum absolute atomic E-state index is 14.7. The van der Waals surface area contributed by atoms with Gasteiger partial charge in [0.05, 0.1) is 5.54 Å². The number of carbonyl (C=O) groups excluding carboxylic acids is 1. The Morgan fingerprint density at radius 1 is 1.44 bits per heavy atom. The first-order valence-electron chi connectivity index (χ1n) is 8.91. The molecule has 1 saturated carbocycles.